The zero-order chi connectivity index (χ0) is 21.2. The van der Waals surface area contributed by atoms with Crippen LogP contribution in [0.1, 0.15) is 31.1 Å². The van der Waals surface area contributed by atoms with Crippen LogP contribution >= 0.6 is 0 Å². The van der Waals surface area contributed by atoms with Gasteiger partial charge in [-0.3, -0.25) is 14.4 Å². The van der Waals surface area contributed by atoms with Crippen LogP contribution in [0.5, 0.6) is 0 Å². The molecular formula is C21H21FN4O3. The molecule has 1 amide bonds. The minimum atomic E-state index is -0.673. The third-order valence-corrected chi connectivity index (χ3v) is 4.36. The zero-order valence-corrected chi connectivity index (χ0v) is 16.2. The second-order valence-electron chi connectivity index (χ2n) is 7.67. The molecule has 0 aliphatic rings. The number of nitrogens with one attached hydrogen (secondary N) is 3. The first-order chi connectivity index (χ1) is 13.7. The molecule has 150 valence electrons. The van der Waals surface area contributed by atoms with Crippen LogP contribution in [0.3, 0.4) is 0 Å². The molecule has 0 aliphatic carbocycles. The molecule has 2 aromatic carbocycles. The SMILES string of the molecule is CC(C)(C)C(NC(=O)c1ccc(F)cc1)Nc1c(Nc2ccccn2)c(=O)c1=O. The summed E-state index contributed by atoms with van der Waals surface area (Å²) in [6, 6.07) is 10.3. The Balaban J connectivity index is 1.82. The maximum absolute atomic E-state index is 13.1. The van der Waals surface area contributed by atoms with Gasteiger partial charge in [-0.15, -0.1) is 0 Å². The van der Waals surface area contributed by atoms with Gasteiger partial charge in [-0.1, -0.05) is 26.8 Å². The first kappa shape index (κ1) is 20.2. The number of anilines is 3. The van der Waals surface area contributed by atoms with E-state index in [1.165, 1.54) is 24.3 Å². The molecule has 3 rings (SSSR count). The van der Waals surface area contributed by atoms with Crippen molar-refractivity contribution in [2.45, 2.75) is 26.9 Å². The lowest BCUT2D eigenvalue weighted by molar-refractivity contribution is 0.0913. The standard InChI is InChI=1S/C21H21FN4O3/c1-21(2,3)20(26-19(29)12-7-9-13(22)10-8-12)25-16-15(17(27)18(16)28)24-14-6-4-5-11-23-14/h4-11,20,25H,1-3H3,(H,23,24)(H,26,29). The summed E-state index contributed by atoms with van der Waals surface area (Å²) in [6.07, 6.45) is 0.884. The summed E-state index contributed by atoms with van der Waals surface area (Å²) in [5.41, 5.74) is -1.37. The second-order valence-corrected chi connectivity index (χ2v) is 7.67. The average molecular weight is 396 g/mol. The van der Waals surface area contributed by atoms with E-state index in [0.717, 1.165) is 0 Å². The predicted octanol–water partition coefficient (Wildman–Crippen LogP) is 2.77. The number of rotatable bonds is 6. The Morgan fingerprint density at radius 3 is 2.24 bits per heavy atom. The molecule has 8 heteroatoms. The van der Waals surface area contributed by atoms with Crippen molar-refractivity contribution in [1.29, 1.82) is 0 Å². The van der Waals surface area contributed by atoms with Gasteiger partial charge in [0.05, 0.1) is 0 Å². The molecule has 0 saturated carbocycles. The van der Waals surface area contributed by atoms with Gasteiger partial charge in [0, 0.05) is 17.2 Å². The summed E-state index contributed by atoms with van der Waals surface area (Å²) in [4.78, 5) is 40.8. The van der Waals surface area contributed by atoms with E-state index in [4.69, 9.17) is 0 Å². The van der Waals surface area contributed by atoms with Crippen LogP contribution in [-0.4, -0.2) is 17.1 Å². The maximum atomic E-state index is 13.1. The number of carbonyl (C=O) groups excluding carboxylic acids is 1. The van der Waals surface area contributed by atoms with Crippen LogP contribution < -0.4 is 26.8 Å². The maximum Gasteiger partial charge on any atom is 0.253 e. The van der Waals surface area contributed by atoms with Gasteiger partial charge in [0.25, 0.3) is 16.8 Å². The van der Waals surface area contributed by atoms with E-state index >= 15 is 0 Å². The Morgan fingerprint density at radius 1 is 1.00 bits per heavy atom. The van der Waals surface area contributed by atoms with Gasteiger partial charge in [0.1, 0.15) is 29.2 Å². The van der Waals surface area contributed by atoms with E-state index in [-0.39, 0.29) is 16.9 Å². The van der Waals surface area contributed by atoms with Crippen LogP contribution in [0.2, 0.25) is 0 Å². The largest absolute Gasteiger partial charge is 0.360 e. The number of halogens is 1. The summed E-state index contributed by atoms with van der Waals surface area (Å²) in [5, 5.41) is 8.60. The van der Waals surface area contributed by atoms with Crippen molar-refractivity contribution in [3.05, 3.63) is 80.5 Å². The molecule has 0 spiro atoms. The number of benzene rings is 1. The molecule has 0 radical (unpaired) electrons. The molecule has 7 nitrogen and oxygen atoms in total. The van der Waals surface area contributed by atoms with Crippen LogP contribution in [0.25, 0.3) is 0 Å². The van der Waals surface area contributed by atoms with E-state index in [1.54, 1.807) is 24.4 Å². The third kappa shape index (κ3) is 4.48. The van der Waals surface area contributed by atoms with E-state index in [9.17, 15) is 18.8 Å². The molecule has 1 atom stereocenters. The molecule has 29 heavy (non-hydrogen) atoms. The smallest absolute Gasteiger partial charge is 0.253 e. The highest BCUT2D eigenvalue weighted by atomic mass is 19.1. The van der Waals surface area contributed by atoms with Crippen molar-refractivity contribution < 1.29 is 9.18 Å². The summed E-state index contributed by atoms with van der Waals surface area (Å²) in [7, 11) is 0. The summed E-state index contributed by atoms with van der Waals surface area (Å²) in [5.74, 6) is -0.457. The number of amides is 1. The van der Waals surface area contributed by atoms with Crippen LogP contribution in [-0.2, 0) is 0 Å². The van der Waals surface area contributed by atoms with E-state index in [0.29, 0.717) is 5.82 Å². The molecular weight excluding hydrogens is 375 g/mol. The fourth-order valence-corrected chi connectivity index (χ4v) is 2.64. The van der Waals surface area contributed by atoms with Gasteiger partial charge in [0.2, 0.25) is 0 Å². The Morgan fingerprint density at radius 2 is 1.66 bits per heavy atom. The average Bonchev–Trinajstić information content (AvgIpc) is 2.69. The van der Waals surface area contributed by atoms with E-state index < -0.39 is 34.2 Å². The minimum Gasteiger partial charge on any atom is -0.360 e. The molecule has 3 aromatic rings. The van der Waals surface area contributed by atoms with Crippen LogP contribution in [0.15, 0.2) is 58.3 Å². The van der Waals surface area contributed by atoms with Gasteiger partial charge in [-0.25, -0.2) is 9.37 Å². The van der Waals surface area contributed by atoms with Crippen LogP contribution in [0, 0.1) is 11.2 Å². The molecule has 1 heterocycles. The first-order valence-electron chi connectivity index (χ1n) is 9.01. The van der Waals surface area contributed by atoms with Gasteiger partial charge >= 0.3 is 0 Å². The topological polar surface area (TPSA) is 100 Å². The molecule has 1 unspecified atom stereocenters. The van der Waals surface area contributed by atoms with E-state index in [2.05, 4.69) is 20.9 Å². The Labute approximate surface area is 166 Å². The van der Waals surface area contributed by atoms with Crippen LogP contribution in [0.4, 0.5) is 21.6 Å². The van der Waals surface area contributed by atoms with Crippen molar-refractivity contribution >= 4 is 23.1 Å². The van der Waals surface area contributed by atoms with Crippen molar-refractivity contribution in [3.8, 4) is 0 Å². The summed E-state index contributed by atoms with van der Waals surface area (Å²) < 4.78 is 13.1. The highest BCUT2D eigenvalue weighted by Gasteiger charge is 2.31. The molecule has 0 fully saturated rings. The summed E-state index contributed by atoms with van der Waals surface area (Å²) in [6.45, 7) is 5.60. The van der Waals surface area contributed by atoms with Crippen molar-refractivity contribution in [1.82, 2.24) is 10.3 Å². The van der Waals surface area contributed by atoms with Crippen molar-refractivity contribution in [2.24, 2.45) is 5.41 Å². The van der Waals surface area contributed by atoms with Gasteiger partial charge in [0.15, 0.2) is 0 Å². The first-order valence-corrected chi connectivity index (χ1v) is 9.01. The second kappa shape index (κ2) is 7.83. The molecule has 0 bridgehead atoms. The lowest BCUT2D eigenvalue weighted by Gasteiger charge is -2.33. The minimum absolute atomic E-state index is 0.0833. The fourth-order valence-electron chi connectivity index (χ4n) is 2.64. The molecule has 0 aliphatic heterocycles. The number of pyridine rings is 1. The Hall–Kier alpha value is -3.55. The van der Waals surface area contributed by atoms with Gasteiger partial charge in [-0.05, 0) is 36.4 Å². The number of hydrogen-bond acceptors (Lipinski definition) is 6. The number of hydrogen-bond donors (Lipinski definition) is 3. The molecule has 3 N–H and O–H groups in total. The van der Waals surface area contributed by atoms with Gasteiger partial charge in [-0.2, -0.15) is 0 Å². The highest BCUT2D eigenvalue weighted by Crippen LogP contribution is 2.25. The highest BCUT2D eigenvalue weighted by molar-refractivity contribution is 5.94. The predicted molar refractivity (Wildman–Crippen MR) is 110 cm³/mol. The van der Waals surface area contributed by atoms with Crippen molar-refractivity contribution in [2.75, 3.05) is 10.6 Å². The normalized spacial score (nSPS) is 12.4. The lowest BCUT2D eigenvalue weighted by Crippen LogP contribution is -2.51. The number of carbonyl (C=O) groups is 1. The van der Waals surface area contributed by atoms with Gasteiger partial charge < -0.3 is 16.0 Å². The third-order valence-electron chi connectivity index (χ3n) is 4.36. The quantitative estimate of drug-likeness (QED) is 0.438. The number of aromatic nitrogens is 1. The monoisotopic (exact) mass is 396 g/mol. The zero-order valence-electron chi connectivity index (χ0n) is 16.2. The molecule has 1 aromatic heterocycles. The van der Waals surface area contributed by atoms with Crippen molar-refractivity contribution in [3.63, 3.8) is 0 Å². The lowest BCUT2D eigenvalue weighted by atomic mass is 9.91. The Kier molecular flexibility index (Phi) is 5.45. The summed E-state index contributed by atoms with van der Waals surface area (Å²) >= 11 is 0. The fraction of sp³-hybridized carbons (Fsp3) is 0.238. The Bertz CT molecular complexity index is 1080. The van der Waals surface area contributed by atoms with E-state index in [1.807, 2.05) is 20.8 Å². The molecule has 0 saturated heterocycles. The number of nitrogens with zero attached hydrogens (tertiary/aromatic N) is 1.